The fourth-order valence-corrected chi connectivity index (χ4v) is 3.08. The Balaban J connectivity index is 2.36. The molecule has 168 valence electrons. The Kier molecular flexibility index (Phi) is 10.1. The van der Waals surface area contributed by atoms with Gasteiger partial charge in [-0.15, -0.1) is 0 Å². The quantitative estimate of drug-likeness (QED) is 0.393. The molecule has 0 saturated heterocycles. The van der Waals surface area contributed by atoms with Gasteiger partial charge in [-0.05, 0) is 47.9 Å². The molecule has 0 saturated carbocycles. The highest BCUT2D eigenvalue weighted by atomic mass is 35.5. The van der Waals surface area contributed by atoms with Gasteiger partial charge >= 0.3 is 12.1 Å². The van der Waals surface area contributed by atoms with E-state index < -0.39 is 18.2 Å². The molecule has 0 heterocycles. The topological polar surface area (TPSA) is 83.1 Å². The lowest BCUT2D eigenvalue weighted by atomic mass is 9.99. The minimum Gasteiger partial charge on any atom is -0.494 e. The van der Waals surface area contributed by atoms with Gasteiger partial charge in [0.25, 0.3) is 0 Å². The number of unbranched alkanes of at least 4 members (excludes halogenated alkanes) is 1. The van der Waals surface area contributed by atoms with Crippen LogP contribution >= 0.6 is 11.6 Å². The zero-order valence-corrected chi connectivity index (χ0v) is 18.7. The molecule has 1 unspecified atom stereocenters. The number of esters is 1. The lowest BCUT2D eigenvalue weighted by Crippen LogP contribution is -2.27. The van der Waals surface area contributed by atoms with Crippen molar-refractivity contribution in [1.82, 2.24) is 5.32 Å². The van der Waals surface area contributed by atoms with Crippen molar-refractivity contribution in [2.75, 3.05) is 34.0 Å². The van der Waals surface area contributed by atoms with E-state index in [1.807, 2.05) is 18.2 Å². The summed E-state index contributed by atoms with van der Waals surface area (Å²) < 4.78 is 21.4. The molecule has 7 nitrogen and oxygen atoms in total. The van der Waals surface area contributed by atoms with Crippen molar-refractivity contribution in [2.24, 2.45) is 0 Å². The number of halogens is 1. The van der Waals surface area contributed by atoms with Crippen molar-refractivity contribution in [2.45, 2.75) is 25.9 Å². The third-order valence-corrected chi connectivity index (χ3v) is 4.65. The maximum atomic E-state index is 12.2. The normalized spacial score (nSPS) is 11.5. The van der Waals surface area contributed by atoms with E-state index in [-0.39, 0.29) is 13.2 Å². The number of rotatable bonds is 11. The third kappa shape index (κ3) is 7.77. The SMILES string of the molecule is CCCCOc1cc(C(=O)OC)cc(C(OCCNC(=O)OC)c2cccc(Cl)c2)c1. The Bertz CT molecular complexity index is 873. The Hall–Kier alpha value is -2.77. The summed E-state index contributed by atoms with van der Waals surface area (Å²) in [6.45, 7) is 3.07. The number of carbonyl (C=O) groups excluding carboxylic acids is 2. The number of benzene rings is 2. The van der Waals surface area contributed by atoms with E-state index in [1.165, 1.54) is 14.2 Å². The molecule has 1 atom stereocenters. The van der Waals surface area contributed by atoms with Crippen LogP contribution in [0.5, 0.6) is 5.75 Å². The molecular weight excluding hydrogens is 422 g/mol. The molecule has 2 aromatic rings. The molecule has 0 aliphatic heterocycles. The molecule has 2 rings (SSSR count). The van der Waals surface area contributed by atoms with E-state index >= 15 is 0 Å². The molecule has 0 aliphatic carbocycles. The highest BCUT2D eigenvalue weighted by molar-refractivity contribution is 6.30. The van der Waals surface area contributed by atoms with Crippen molar-refractivity contribution >= 4 is 23.7 Å². The first-order valence-corrected chi connectivity index (χ1v) is 10.4. The van der Waals surface area contributed by atoms with Crippen LogP contribution in [0.25, 0.3) is 0 Å². The Morgan fingerprint density at radius 2 is 1.84 bits per heavy atom. The smallest absolute Gasteiger partial charge is 0.406 e. The summed E-state index contributed by atoms with van der Waals surface area (Å²) in [5.41, 5.74) is 1.86. The van der Waals surface area contributed by atoms with Gasteiger partial charge < -0.3 is 24.3 Å². The number of amides is 1. The third-order valence-electron chi connectivity index (χ3n) is 4.41. The number of nitrogens with one attached hydrogen (secondary N) is 1. The summed E-state index contributed by atoms with van der Waals surface area (Å²) >= 11 is 6.19. The van der Waals surface area contributed by atoms with Gasteiger partial charge in [-0.3, -0.25) is 0 Å². The standard InChI is InChI=1S/C23H28ClNO6/c1-4-5-10-30-20-14-17(12-18(15-20)22(26)28-2)21(16-7-6-8-19(24)13-16)31-11-9-25-23(27)29-3/h6-8,12-15,21H,4-5,9-11H2,1-3H3,(H,25,27). The second-order valence-electron chi connectivity index (χ2n) is 6.71. The molecule has 2 aromatic carbocycles. The average Bonchev–Trinajstić information content (AvgIpc) is 2.78. The van der Waals surface area contributed by atoms with Crippen LogP contribution in [0.3, 0.4) is 0 Å². The molecule has 8 heteroatoms. The molecule has 0 aromatic heterocycles. The van der Waals surface area contributed by atoms with E-state index in [9.17, 15) is 9.59 Å². The van der Waals surface area contributed by atoms with Crippen LogP contribution in [0.15, 0.2) is 42.5 Å². The van der Waals surface area contributed by atoms with E-state index in [0.29, 0.717) is 28.5 Å². The van der Waals surface area contributed by atoms with Gasteiger partial charge in [0.05, 0.1) is 33.0 Å². The van der Waals surface area contributed by atoms with Crippen LogP contribution in [0.4, 0.5) is 4.79 Å². The van der Waals surface area contributed by atoms with Gasteiger partial charge in [-0.1, -0.05) is 37.1 Å². The number of ether oxygens (including phenoxy) is 4. The van der Waals surface area contributed by atoms with Crippen LogP contribution in [0.1, 0.15) is 47.4 Å². The molecule has 0 bridgehead atoms. The average molecular weight is 450 g/mol. The lowest BCUT2D eigenvalue weighted by Gasteiger charge is -2.21. The molecule has 0 spiro atoms. The van der Waals surface area contributed by atoms with Crippen LogP contribution in [0.2, 0.25) is 5.02 Å². The number of hydrogen-bond acceptors (Lipinski definition) is 6. The first kappa shape index (κ1) is 24.5. The summed E-state index contributed by atoms with van der Waals surface area (Å²) in [5, 5.41) is 3.13. The van der Waals surface area contributed by atoms with Crippen LogP contribution in [-0.2, 0) is 14.2 Å². The zero-order valence-electron chi connectivity index (χ0n) is 18.0. The summed E-state index contributed by atoms with van der Waals surface area (Å²) in [7, 11) is 2.62. The van der Waals surface area contributed by atoms with Gasteiger partial charge in [0.15, 0.2) is 0 Å². The van der Waals surface area contributed by atoms with E-state index in [2.05, 4.69) is 17.0 Å². The summed E-state index contributed by atoms with van der Waals surface area (Å²) in [6, 6.07) is 12.5. The largest absolute Gasteiger partial charge is 0.494 e. The maximum absolute atomic E-state index is 12.2. The monoisotopic (exact) mass is 449 g/mol. The first-order chi connectivity index (χ1) is 15.0. The van der Waals surface area contributed by atoms with Gasteiger partial charge in [0.2, 0.25) is 0 Å². The van der Waals surface area contributed by atoms with Gasteiger partial charge in [-0.2, -0.15) is 0 Å². The van der Waals surface area contributed by atoms with Crippen molar-refractivity contribution in [3.8, 4) is 5.75 Å². The van der Waals surface area contributed by atoms with Crippen molar-refractivity contribution in [3.63, 3.8) is 0 Å². The second kappa shape index (κ2) is 12.8. The van der Waals surface area contributed by atoms with E-state index in [0.717, 1.165) is 18.4 Å². The number of alkyl carbamates (subject to hydrolysis) is 1. The molecule has 0 fully saturated rings. The zero-order chi connectivity index (χ0) is 22.6. The number of methoxy groups -OCH3 is 2. The molecule has 1 amide bonds. The Morgan fingerprint density at radius 1 is 1.03 bits per heavy atom. The number of hydrogen-bond donors (Lipinski definition) is 1. The van der Waals surface area contributed by atoms with Gasteiger partial charge in [-0.25, -0.2) is 9.59 Å². The summed E-state index contributed by atoms with van der Waals surface area (Å²) in [5.74, 6) is 0.0778. The number of carbonyl (C=O) groups is 2. The van der Waals surface area contributed by atoms with E-state index in [4.69, 9.17) is 25.8 Å². The summed E-state index contributed by atoms with van der Waals surface area (Å²) in [6.07, 6.45) is 0.800. The fourth-order valence-electron chi connectivity index (χ4n) is 2.88. The molecular formula is C23H28ClNO6. The molecule has 1 N–H and O–H groups in total. The van der Waals surface area contributed by atoms with Gasteiger partial charge in [0, 0.05) is 11.6 Å². The minimum atomic E-state index is -0.545. The predicted octanol–water partition coefficient (Wildman–Crippen LogP) is 4.77. The second-order valence-corrected chi connectivity index (χ2v) is 7.14. The Labute approximate surface area is 187 Å². The molecule has 31 heavy (non-hydrogen) atoms. The Morgan fingerprint density at radius 3 is 2.52 bits per heavy atom. The molecule has 0 radical (unpaired) electrons. The van der Waals surface area contributed by atoms with E-state index in [1.54, 1.807) is 24.3 Å². The van der Waals surface area contributed by atoms with Crippen molar-refractivity contribution in [1.29, 1.82) is 0 Å². The lowest BCUT2D eigenvalue weighted by molar-refractivity contribution is 0.0598. The predicted molar refractivity (Wildman–Crippen MR) is 118 cm³/mol. The van der Waals surface area contributed by atoms with Crippen LogP contribution < -0.4 is 10.1 Å². The van der Waals surface area contributed by atoms with Crippen LogP contribution in [-0.4, -0.2) is 46.0 Å². The van der Waals surface area contributed by atoms with Crippen molar-refractivity contribution in [3.05, 3.63) is 64.2 Å². The maximum Gasteiger partial charge on any atom is 0.406 e. The highest BCUT2D eigenvalue weighted by Gasteiger charge is 2.20. The van der Waals surface area contributed by atoms with Gasteiger partial charge in [0.1, 0.15) is 11.9 Å². The van der Waals surface area contributed by atoms with Crippen molar-refractivity contribution < 1.29 is 28.5 Å². The molecule has 0 aliphatic rings. The first-order valence-electron chi connectivity index (χ1n) is 10.0. The highest BCUT2D eigenvalue weighted by Crippen LogP contribution is 2.31. The van der Waals surface area contributed by atoms with Crippen LogP contribution in [0, 0.1) is 0 Å². The summed E-state index contributed by atoms with van der Waals surface area (Å²) in [4.78, 5) is 23.5. The fraction of sp³-hybridized carbons (Fsp3) is 0.391. The minimum absolute atomic E-state index is 0.209.